The van der Waals surface area contributed by atoms with Crippen LogP contribution in [-0.2, 0) is 0 Å². The molecule has 16 heavy (non-hydrogen) atoms. The molecule has 0 aromatic heterocycles. The Morgan fingerprint density at radius 1 is 0.750 bits per heavy atom. The van der Waals surface area contributed by atoms with E-state index in [1.165, 1.54) is 12.8 Å². The van der Waals surface area contributed by atoms with E-state index in [1.807, 2.05) is 0 Å². The summed E-state index contributed by atoms with van der Waals surface area (Å²) in [5.41, 5.74) is 0. The summed E-state index contributed by atoms with van der Waals surface area (Å²) in [7, 11) is 25.8. The van der Waals surface area contributed by atoms with Crippen molar-refractivity contribution in [2.24, 2.45) is 11.8 Å². The van der Waals surface area contributed by atoms with Crippen LogP contribution >= 0.6 is 0 Å². The van der Waals surface area contributed by atoms with Gasteiger partial charge in [0, 0.05) is 57.8 Å². The van der Waals surface area contributed by atoms with Crippen molar-refractivity contribution in [1.82, 2.24) is 0 Å². The van der Waals surface area contributed by atoms with E-state index in [2.05, 4.69) is 27.7 Å². The SMILES string of the molecule is CC[C@@H](C)[C@H](C)CC.[B]B([B])B([B])B([B])[B]. The van der Waals surface area contributed by atoms with Gasteiger partial charge in [-0.15, -0.1) is 0 Å². The Labute approximate surface area is 110 Å². The standard InChI is InChI=1S/C8H18.B8/c1-5-7(3)8(4)6-2;1-6(2)8(5)7(3)4/h7-8H,5-6H2,1-4H3;/t7-,8-;/m1./s1. The van der Waals surface area contributed by atoms with Crippen molar-refractivity contribution in [2.75, 3.05) is 0 Å². The first-order chi connectivity index (χ1) is 7.27. The van der Waals surface area contributed by atoms with Crippen LogP contribution in [0.2, 0.25) is 0 Å². The van der Waals surface area contributed by atoms with Crippen LogP contribution in [0.5, 0.6) is 0 Å². The Hall–Kier alpha value is 0.519. The molecule has 10 radical (unpaired) electrons. The van der Waals surface area contributed by atoms with Gasteiger partial charge in [0.2, 0.25) is 0 Å². The zero-order chi connectivity index (χ0) is 13.3. The van der Waals surface area contributed by atoms with E-state index >= 15 is 0 Å². The minimum atomic E-state index is -0.630. The van der Waals surface area contributed by atoms with Gasteiger partial charge in [-0.25, -0.2) is 0 Å². The largest absolute Gasteiger partial charge is 0.0651 e. The van der Waals surface area contributed by atoms with Gasteiger partial charge in [-0.3, -0.25) is 0 Å². The molecule has 8 heteroatoms. The normalized spacial score (nSPS) is 13.0. The Balaban J connectivity index is 0. The molecule has 0 spiro atoms. The van der Waals surface area contributed by atoms with Gasteiger partial charge in [0.05, 0.1) is 0 Å². The van der Waals surface area contributed by atoms with Crippen LogP contribution in [0.25, 0.3) is 0 Å². The summed E-state index contributed by atoms with van der Waals surface area (Å²) in [6, 6.07) is 0. The van der Waals surface area contributed by atoms with Crippen molar-refractivity contribution in [2.45, 2.75) is 40.5 Å². The fourth-order valence-corrected chi connectivity index (χ4v) is 1.06. The molecule has 0 fully saturated rings. The Bertz CT molecular complexity index is 135. The van der Waals surface area contributed by atoms with E-state index in [0.29, 0.717) is 0 Å². The van der Waals surface area contributed by atoms with Crippen LogP contribution in [0, 0.1) is 11.8 Å². The lowest BCUT2D eigenvalue weighted by Gasteiger charge is -2.14. The Morgan fingerprint density at radius 2 is 1.00 bits per heavy atom. The minimum absolute atomic E-state index is 0.519. The Kier molecular flexibility index (Phi) is 12.6. The molecule has 0 unspecified atom stereocenters. The lowest BCUT2D eigenvalue weighted by atomic mass is 8.68. The van der Waals surface area contributed by atoms with Gasteiger partial charge < -0.3 is 0 Å². The van der Waals surface area contributed by atoms with Crippen LogP contribution in [0.1, 0.15) is 40.5 Å². The van der Waals surface area contributed by atoms with E-state index in [4.69, 9.17) is 38.7 Å². The molecular formula is C8H18B8. The van der Waals surface area contributed by atoms with E-state index in [-0.39, 0.29) is 0 Å². The second kappa shape index (κ2) is 10.7. The van der Waals surface area contributed by atoms with Gasteiger partial charge in [-0.1, -0.05) is 40.5 Å². The monoisotopic (exact) mass is 202 g/mol. The summed E-state index contributed by atoms with van der Waals surface area (Å²) in [5, 5.41) is 0. The van der Waals surface area contributed by atoms with Gasteiger partial charge in [0.1, 0.15) is 0 Å². The third-order valence-electron chi connectivity index (χ3n) is 3.15. The molecule has 0 rings (SSSR count). The molecular weight excluding hydrogens is 183 g/mol. The van der Waals surface area contributed by atoms with E-state index in [9.17, 15) is 0 Å². The summed E-state index contributed by atoms with van der Waals surface area (Å²) in [5.74, 6) is 1.83. The van der Waals surface area contributed by atoms with Crippen LogP contribution in [-0.4, -0.2) is 57.8 Å². The number of rotatable bonds is 5. The molecule has 0 saturated heterocycles. The highest BCUT2D eigenvalue weighted by Crippen LogP contribution is 2.16. The maximum absolute atomic E-state index is 5.26. The summed E-state index contributed by atoms with van der Waals surface area (Å²) in [6.07, 6.45) is 0.879. The van der Waals surface area contributed by atoms with Gasteiger partial charge in [-0.05, 0) is 11.8 Å². The molecule has 0 nitrogen and oxygen atoms in total. The second-order valence-corrected chi connectivity index (χ2v) is 4.50. The molecule has 0 N–H and O–H groups in total. The minimum Gasteiger partial charge on any atom is -0.0651 e. The van der Waals surface area contributed by atoms with Crippen LogP contribution in [0.3, 0.4) is 0 Å². The van der Waals surface area contributed by atoms with E-state index in [0.717, 1.165) is 11.8 Å². The zero-order valence-electron chi connectivity index (χ0n) is 11.2. The highest BCUT2D eigenvalue weighted by Gasteiger charge is 2.14. The third kappa shape index (κ3) is 9.72. The van der Waals surface area contributed by atoms with Crippen molar-refractivity contribution < 1.29 is 0 Å². The fraction of sp³-hybridized carbons (Fsp3) is 1.00. The average Bonchev–Trinajstić information content (AvgIpc) is 2.26. The van der Waals surface area contributed by atoms with Crippen molar-refractivity contribution in [3.63, 3.8) is 0 Å². The predicted octanol–water partition coefficient (Wildman–Crippen LogP) is 0.0322. The molecule has 0 amide bonds. The van der Waals surface area contributed by atoms with Gasteiger partial charge >= 0.3 is 0 Å². The van der Waals surface area contributed by atoms with Crippen molar-refractivity contribution >= 4 is 57.8 Å². The molecule has 0 aliphatic rings. The van der Waals surface area contributed by atoms with Gasteiger partial charge in [0.25, 0.3) is 0 Å². The molecule has 0 aromatic carbocycles. The number of hydrogen-bond donors (Lipinski definition) is 0. The highest BCUT2D eigenvalue weighted by atomic mass is 14.1. The highest BCUT2D eigenvalue weighted by molar-refractivity contribution is 7.89. The average molecular weight is 201 g/mol. The number of hydrogen-bond acceptors (Lipinski definition) is 0. The lowest BCUT2D eigenvalue weighted by molar-refractivity contribution is 0.367. The fourth-order valence-electron chi connectivity index (χ4n) is 1.06. The van der Waals surface area contributed by atoms with E-state index in [1.54, 1.807) is 0 Å². The van der Waals surface area contributed by atoms with Crippen LogP contribution in [0.4, 0.5) is 0 Å². The first-order valence-electron chi connectivity index (χ1n) is 6.05. The predicted molar refractivity (Wildman–Crippen MR) is 84.9 cm³/mol. The maximum Gasteiger partial charge on any atom is 0 e. The molecule has 0 aliphatic carbocycles. The molecule has 0 heterocycles. The third-order valence-corrected chi connectivity index (χ3v) is 3.15. The molecule has 74 valence electrons. The van der Waals surface area contributed by atoms with Crippen LogP contribution < -0.4 is 0 Å². The zero-order valence-corrected chi connectivity index (χ0v) is 11.2. The molecule has 2 atom stereocenters. The first-order valence-corrected chi connectivity index (χ1v) is 6.05. The first kappa shape index (κ1) is 18.9. The summed E-state index contributed by atoms with van der Waals surface area (Å²) >= 11 is 0. The second-order valence-electron chi connectivity index (χ2n) is 4.50. The topological polar surface area (TPSA) is 0 Å². The summed E-state index contributed by atoms with van der Waals surface area (Å²) in [4.78, 5) is 0. The molecule has 0 aromatic rings. The quantitative estimate of drug-likeness (QED) is 0.550. The molecule has 0 aliphatic heterocycles. The van der Waals surface area contributed by atoms with Crippen molar-refractivity contribution in [3.8, 4) is 0 Å². The van der Waals surface area contributed by atoms with E-state index < -0.39 is 19.2 Å². The van der Waals surface area contributed by atoms with Gasteiger partial charge in [-0.2, -0.15) is 0 Å². The van der Waals surface area contributed by atoms with Crippen molar-refractivity contribution in [3.05, 3.63) is 0 Å². The maximum atomic E-state index is 5.26. The lowest BCUT2D eigenvalue weighted by Crippen LogP contribution is -2.52. The molecule has 0 bridgehead atoms. The van der Waals surface area contributed by atoms with Gasteiger partial charge in [0.15, 0.2) is 0 Å². The summed E-state index contributed by atoms with van der Waals surface area (Å²) in [6.45, 7) is 9.18. The molecule has 0 saturated carbocycles. The van der Waals surface area contributed by atoms with Crippen molar-refractivity contribution in [1.29, 1.82) is 0 Å². The summed E-state index contributed by atoms with van der Waals surface area (Å²) < 4.78 is 0. The van der Waals surface area contributed by atoms with Crippen LogP contribution in [0.15, 0.2) is 0 Å². The Morgan fingerprint density at radius 3 is 1.06 bits per heavy atom. The smallest absolute Gasteiger partial charge is 0 e.